The summed E-state index contributed by atoms with van der Waals surface area (Å²) >= 11 is 0. The summed E-state index contributed by atoms with van der Waals surface area (Å²) in [5.41, 5.74) is 0.733. The molecule has 0 spiro atoms. The third kappa shape index (κ3) is 3.33. The molecule has 21 heavy (non-hydrogen) atoms. The van der Waals surface area contributed by atoms with Crippen LogP contribution in [0.5, 0.6) is 5.88 Å². The first-order chi connectivity index (χ1) is 10.3. The van der Waals surface area contributed by atoms with Gasteiger partial charge in [-0.25, -0.2) is 4.98 Å². The van der Waals surface area contributed by atoms with Crippen LogP contribution in [0.3, 0.4) is 0 Å². The quantitative estimate of drug-likeness (QED) is 0.512. The van der Waals surface area contributed by atoms with Gasteiger partial charge >= 0.3 is 0 Å². The largest absolute Gasteiger partial charge is 0.481 e. The van der Waals surface area contributed by atoms with Crippen molar-refractivity contribution in [1.29, 1.82) is 0 Å². The molecule has 0 N–H and O–H groups in total. The first kappa shape index (κ1) is 14.3. The molecular weight excluding hydrogens is 306 g/mol. The van der Waals surface area contributed by atoms with Gasteiger partial charge in [0.25, 0.3) is 11.0 Å². The Balaban J connectivity index is 1.76. The number of pyridine rings is 1. The van der Waals surface area contributed by atoms with E-state index in [0.29, 0.717) is 5.88 Å². The van der Waals surface area contributed by atoms with E-state index in [1.54, 1.807) is 28.5 Å². The highest BCUT2D eigenvalue weighted by Crippen LogP contribution is 2.34. The Kier molecular flexibility index (Phi) is 4.35. The molecule has 0 aromatic carbocycles. The lowest BCUT2D eigenvalue weighted by Crippen LogP contribution is -1.90. The molecule has 0 saturated carbocycles. The van der Waals surface area contributed by atoms with Gasteiger partial charge in [0.2, 0.25) is 11.5 Å². The number of methoxy groups -OCH3 is 1. The van der Waals surface area contributed by atoms with E-state index in [0.717, 1.165) is 36.1 Å². The molecule has 0 bridgehead atoms. The summed E-state index contributed by atoms with van der Waals surface area (Å²) in [6.45, 7) is 2.16. The van der Waals surface area contributed by atoms with E-state index in [2.05, 4.69) is 31.7 Å². The molecule has 0 aliphatic carbocycles. The first-order valence-corrected chi connectivity index (χ1v) is 9.26. The number of ether oxygens (including phenoxy) is 1. The maximum absolute atomic E-state index is 5.12. The number of unbranched alkanes of at least 4 members (excludes halogenated alkanes) is 1. The SMILES string of the molecule is CCCCc1ncn(S[s+]2cc3ccc(OC)nc3n2)n1. The van der Waals surface area contributed by atoms with Gasteiger partial charge in [-0.3, -0.25) is 0 Å². The van der Waals surface area contributed by atoms with Crippen LogP contribution in [0.4, 0.5) is 0 Å². The fourth-order valence-corrected chi connectivity index (χ4v) is 4.48. The van der Waals surface area contributed by atoms with Crippen LogP contribution in [-0.4, -0.2) is 30.6 Å². The fourth-order valence-electron chi connectivity index (χ4n) is 1.82. The molecule has 0 fully saturated rings. The van der Waals surface area contributed by atoms with Crippen molar-refractivity contribution < 1.29 is 4.74 Å². The van der Waals surface area contributed by atoms with Crippen molar-refractivity contribution in [3.05, 3.63) is 29.7 Å². The number of hydrogen-bond donors (Lipinski definition) is 0. The highest BCUT2D eigenvalue weighted by Gasteiger charge is 2.17. The summed E-state index contributed by atoms with van der Waals surface area (Å²) in [5, 5.41) is 7.59. The minimum atomic E-state index is -0.318. The second-order valence-corrected chi connectivity index (χ2v) is 7.46. The topological polar surface area (TPSA) is 65.7 Å². The molecule has 0 aliphatic heterocycles. The Morgan fingerprint density at radius 2 is 2.29 bits per heavy atom. The van der Waals surface area contributed by atoms with Gasteiger partial charge in [0.1, 0.15) is 6.33 Å². The normalized spacial score (nSPS) is 12.0. The Bertz CT molecular complexity index is 739. The lowest BCUT2D eigenvalue weighted by atomic mass is 10.2. The van der Waals surface area contributed by atoms with Gasteiger partial charge in [0.05, 0.1) is 12.5 Å². The van der Waals surface area contributed by atoms with Gasteiger partial charge in [-0.15, -0.1) is 9.19 Å². The zero-order valence-electron chi connectivity index (χ0n) is 11.9. The van der Waals surface area contributed by atoms with Crippen LogP contribution in [0.2, 0.25) is 0 Å². The minimum Gasteiger partial charge on any atom is -0.481 e. The van der Waals surface area contributed by atoms with E-state index in [9.17, 15) is 0 Å². The number of rotatable bonds is 6. The maximum atomic E-state index is 5.12. The molecule has 3 rings (SSSR count). The van der Waals surface area contributed by atoms with Gasteiger partial charge in [-0.05, 0) is 16.9 Å². The number of aromatic nitrogens is 5. The highest BCUT2D eigenvalue weighted by atomic mass is 33.1. The average Bonchev–Trinajstić information content (AvgIpc) is 3.10. The summed E-state index contributed by atoms with van der Waals surface area (Å²) in [7, 11) is 2.83. The van der Waals surface area contributed by atoms with E-state index in [-0.39, 0.29) is 9.70 Å². The smallest absolute Gasteiger partial charge is 0.295 e. The Hall–Kier alpha value is -1.67. The number of fused-ring (bicyclic) bond motifs is 1. The molecule has 3 aromatic rings. The van der Waals surface area contributed by atoms with Crippen molar-refractivity contribution in [1.82, 2.24) is 23.5 Å². The monoisotopic (exact) mass is 322 g/mol. The molecule has 3 heterocycles. The van der Waals surface area contributed by atoms with Crippen molar-refractivity contribution in [2.45, 2.75) is 26.2 Å². The lowest BCUT2D eigenvalue weighted by molar-refractivity contribution is 0.399. The summed E-state index contributed by atoms with van der Waals surface area (Å²) < 4.78 is 11.5. The van der Waals surface area contributed by atoms with E-state index >= 15 is 0 Å². The molecule has 110 valence electrons. The third-order valence-electron chi connectivity index (χ3n) is 2.92. The van der Waals surface area contributed by atoms with Gasteiger partial charge in [0, 0.05) is 12.5 Å². The van der Waals surface area contributed by atoms with Crippen molar-refractivity contribution in [2.24, 2.45) is 0 Å². The Morgan fingerprint density at radius 1 is 1.38 bits per heavy atom. The molecule has 0 aliphatic rings. The second kappa shape index (κ2) is 6.40. The molecule has 8 heteroatoms. The summed E-state index contributed by atoms with van der Waals surface area (Å²) in [5.74, 6) is 1.48. The van der Waals surface area contributed by atoms with Crippen LogP contribution >= 0.6 is 20.7 Å². The van der Waals surface area contributed by atoms with Gasteiger partial charge in [0.15, 0.2) is 20.9 Å². The van der Waals surface area contributed by atoms with Crippen molar-refractivity contribution >= 4 is 31.7 Å². The van der Waals surface area contributed by atoms with E-state index in [4.69, 9.17) is 4.74 Å². The van der Waals surface area contributed by atoms with E-state index in [1.807, 2.05) is 12.1 Å². The number of hydrogen-bond acceptors (Lipinski definition) is 6. The molecular formula is C13H16N5OS2+. The van der Waals surface area contributed by atoms with Crippen molar-refractivity contribution in [3.8, 4) is 5.88 Å². The maximum Gasteiger partial charge on any atom is 0.295 e. The predicted molar refractivity (Wildman–Crippen MR) is 85.6 cm³/mol. The zero-order chi connectivity index (χ0) is 14.7. The van der Waals surface area contributed by atoms with Crippen LogP contribution in [0, 0.1) is 0 Å². The molecule has 1 atom stereocenters. The highest BCUT2D eigenvalue weighted by molar-refractivity contribution is 8.43. The number of aryl methyl sites for hydroxylation is 1. The molecule has 3 aromatic heterocycles. The van der Waals surface area contributed by atoms with Crippen LogP contribution in [0.25, 0.3) is 11.0 Å². The van der Waals surface area contributed by atoms with Crippen molar-refractivity contribution in [3.63, 3.8) is 0 Å². The fraction of sp³-hybridized carbons (Fsp3) is 0.385. The lowest BCUT2D eigenvalue weighted by Gasteiger charge is -1.93. The molecule has 0 amide bonds. The van der Waals surface area contributed by atoms with Gasteiger partial charge in [-0.2, -0.15) is 4.98 Å². The molecule has 1 unspecified atom stereocenters. The van der Waals surface area contributed by atoms with Gasteiger partial charge in [-0.1, -0.05) is 13.3 Å². The molecule has 0 saturated heterocycles. The van der Waals surface area contributed by atoms with E-state index < -0.39 is 0 Å². The van der Waals surface area contributed by atoms with Crippen molar-refractivity contribution in [2.75, 3.05) is 7.11 Å². The first-order valence-electron chi connectivity index (χ1n) is 6.72. The standard InChI is InChI=1S/C13H16N5OS2/c1-3-4-5-11-14-9-18(16-11)20-21-8-10-6-7-12(19-2)15-13(10)17-21/h6-9H,3-5H2,1-2H3/q+1. The number of nitrogens with zero attached hydrogens (tertiary/aromatic N) is 5. The average molecular weight is 322 g/mol. The Labute approximate surface area is 129 Å². The summed E-state index contributed by atoms with van der Waals surface area (Å²) in [6, 6.07) is 3.83. The molecule has 0 radical (unpaired) electrons. The van der Waals surface area contributed by atoms with E-state index in [1.165, 1.54) is 0 Å². The van der Waals surface area contributed by atoms with Crippen LogP contribution in [-0.2, 0) is 6.42 Å². The minimum absolute atomic E-state index is 0.318. The van der Waals surface area contributed by atoms with Crippen LogP contribution in [0.15, 0.2) is 23.8 Å². The molecule has 6 nitrogen and oxygen atoms in total. The second-order valence-electron chi connectivity index (χ2n) is 4.49. The Morgan fingerprint density at radius 3 is 3.10 bits per heavy atom. The summed E-state index contributed by atoms with van der Waals surface area (Å²) in [4.78, 5) is 8.65. The zero-order valence-corrected chi connectivity index (χ0v) is 13.5. The van der Waals surface area contributed by atoms with Crippen LogP contribution < -0.4 is 4.74 Å². The third-order valence-corrected chi connectivity index (χ3v) is 5.64. The van der Waals surface area contributed by atoms with Crippen LogP contribution in [0.1, 0.15) is 25.6 Å². The predicted octanol–water partition coefficient (Wildman–Crippen LogP) is 3.28. The van der Waals surface area contributed by atoms with Gasteiger partial charge < -0.3 is 4.74 Å². The summed E-state index contributed by atoms with van der Waals surface area (Å²) in [6.07, 6.45) is 4.95.